The molecule has 0 unspecified atom stereocenters. The van der Waals surface area contributed by atoms with Crippen molar-refractivity contribution in [2.75, 3.05) is 6.54 Å². The molecule has 0 spiro atoms. The van der Waals surface area contributed by atoms with Crippen LogP contribution in [-0.4, -0.2) is 17.5 Å². The minimum atomic E-state index is 0.683. The molecule has 0 saturated carbocycles. The fourth-order valence-corrected chi connectivity index (χ4v) is 1.87. The SMILES string of the molecule is O=CNCCc1cccn1Cc1ccccc1. The van der Waals surface area contributed by atoms with Crippen molar-refractivity contribution in [2.24, 2.45) is 0 Å². The largest absolute Gasteiger partial charge is 0.358 e. The van der Waals surface area contributed by atoms with Crippen molar-refractivity contribution in [1.29, 1.82) is 0 Å². The van der Waals surface area contributed by atoms with Gasteiger partial charge in [-0.2, -0.15) is 0 Å². The molecule has 88 valence electrons. The quantitative estimate of drug-likeness (QED) is 0.594. The number of rotatable bonds is 6. The Morgan fingerprint density at radius 3 is 2.71 bits per heavy atom. The summed E-state index contributed by atoms with van der Waals surface area (Å²) in [5.41, 5.74) is 2.52. The Morgan fingerprint density at radius 2 is 1.94 bits per heavy atom. The monoisotopic (exact) mass is 228 g/mol. The number of carbonyl (C=O) groups excluding carboxylic acids is 1. The maximum Gasteiger partial charge on any atom is 0.207 e. The van der Waals surface area contributed by atoms with Gasteiger partial charge in [0.15, 0.2) is 0 Å². The molecule has 17 heavy (non-hydrogen) atoms. The van der Waals surface area contributed by atoms with E-state index in [1.807, 2.05) is 24.3 Å². The molecular formula is C14H16N2O. The maximum atomic E-state index is 10.2. The van der Waals surface area contributed by atoms with Crippen molar-refractivity contribution in [3.8, 4) is 0 Å². The third-order valence-electron chi connectivity index (χ3n) is 2.73. The summed E-state index contributed by atoms with van der Waals surface area (Å²) in [6, 6.07) is 14.5. The van der Waals surface area contributed by atoms with Gasteiger partial charge >= 0.3 is 0 Å². The summed E-state index contributed by atoms with van der Waals surface area (Å²) in [4.78, 5) is 10.2. The van der Waals surface area contributed by atoms with Gasteiger partial charge in [0.05, 0.1) is 0 Å². The summed E-state index contributed by atoms with van der Waals surface area (Å²) >= 11 is 0. The number of carbonyl (C=O) groups is 1. The zero-order valence-corrected chi connectivity index (χ0v) is 9.67. The highest BCUT2D eigenvalue weighted by molar-refractivity contribution is 5.45. The molecule has 2 rings (SSSR count). The van der Waals surface area contributed by atoms with E-state index in [1.165, 1.54) is 11.3 Å². The highest BCUT2D eigenvalue weighted by atomic mass is 16.1. The van der Waals surface area contributed by atoms with E-state index >= 15 is 0 Å². The maximum absolute atomic E-state index is 10.2. The average Bonchev–Trinajstić information content (AvgIpc) is 2.79. The first kappa shape index (κ1) is 11.5. The van der Waals surface area contributed by atoms with Gasteiger partial charge in [-0.05, 0) is 17.7 Å². The minimum Gasteiger partial charge on any atom is -0.358 e. The molecule has 3 heteroatoms. The van der Waals surface area contributed by atoms with E-state index < -0.39 is 0 Å². The highest BCUT2D eigenvalue weighted by Crippen LogP contribution is 2.08. The number of aromatic nitrogens is 1. The number of benzene rings is 1. The fourth-order valence-electron chi connectivity index (χ4n) is 1.87. The summed E-state index contributed by atoms with van der Waals surface area (Å²) in [5, 5.41) is 2.68. The van der Waals surface area contributed by atoms with Gasteiger partial charge in [-0.3, -0.25) is 4.79 Å². The zero-order valence-electron chi connectivity index (χ0n) is 9.67. The van der Waals surface area contributed by atoms with Crippen LogP contribution in [0.25, 0.3) is 0 Å². The second kappa shape index (κ2) is 5.89. The van der Waals surface area contributed by atoms with E-state index in [2.05, 4.69) is 34.3 Å². The molecule has 0 saturated heterocycles. The predicted molar refractivity (Wildman–Crippen MR) is 67.7 cm³/mol. The molecule has 2 aromatic rings. The van der Waals surface area contributed by atoms with Crippen LogP contribution in [0.3, 0.4) is 0 Å². The summed E-state index contributed by atoms with van der Waals surface area (Å²) in [7, 11) is 0. The van der Waals surface area contributed by atoms with Crippen LogP contribution in [0.2, 0.25) is 0 Å². The first-order valence-electron chi connectivity index (χ1n) is 5.75. The molecule has 1 amide bonds. The lowest BCUT2D eigenvalue weighted by atomic mass is 10.2. The third kappa shape index (κ3) is 3.21. The number of hydrogen-bond acceptors (Lipinski definition) is 1. The second-order valence-electron chi connectivity index (χ2n) is 3.94. The molecule has 1 aromatic heterocycles. The van der Waals surface area contributed by atoms with Crippen LogP contribution in [-0.2, 0) is 17.8 Å². The molecule has 0 aliphatic carbocycles. The molecule has 0 aliphatic heterocycles. The lowest BCUT2D eigenvalue weighted by molar-refractivity contribution is -0.109. The second-order valence-corrected chi connectivity index (χ2v) is 3.94. The molecule has 3 nitrogen and oxygen atoms in total. The van der Waals surface area contributed by atoms with Crippen molar-refractivity contribution >= 4 is 6.41 Å². The Balaban J connectivity index is 2.01. The van der Waals surface area contributed by atoms with Crippen molar-refractivity contribution in [3.63, 3.8) is 0 Å². The van der Waals surface area contributed by atoms with Crippen molar-refractivity contribution in [3.05, 3.63) is 59.9 Å². The lowest BCUT2D eigenvalue weighted by Gasteiger charge is -2.09. The van der Waals surface area contributed by atoms with Crippen molar-refractivity contribution in [1.82, 2.24) is 9.88 Å². The zero-order chi connectivity index (χ0) is 11.9. The summed E-state index contributed by atoms with van der Waals surface area (Å²) in [5.74, 6) is 0. The average molecular weight is 228 g/mol. The van der Waals surface area contributed by atoms with Gasteiger partial charge in [0.1, 0.15) is 0 Å². The normalized spacial score (nSPS) is 10.1. The molecule has 1 N–H and O–H groups in total. The van der Waals surface area contributed by atoms with E-state index in [0.717, 1.165) is 19.4 Å². The van der Waals surface area contributed by atoms with Gasteiger partial charge in [-0.1, -0.05) is 30.3 Å². The molecule has 0 atom stereocenters. The first-order valence-corrected chi connectivity index (χ1v) is 5.75. The van der Waals surface area contributed by atoms with Crippen LogP contribution >= 0.6 is 0 Å². The van der Waals surface area contributed by atoms with Crippen LogP contribution in [0.5, 0.6) is 0 Å². The molecule has 1 heterocycles. The third-order valence-corrected chi connectivity index (χ3v) is 2.73. The summed E-state index contributed by atoms with van der Waals surface area (Å²) < 4.78 is 2.21. The minimum absolute atomic E-state index is 0.683. The standard InChI is InChI=1S/C14H16N2O/c17-12-15-9-8-14-7-4-10-16(14)11-13-5-2-1-3-6-13/h1-7,10,12H,8-9,11H2,(H,15,17). The number of hydrogen-bond donors (Lipinski definition) is 1. The molecular weight excluding hydrogens is 212 g/mol. The first-order chi connectivity index (χ1) is 8.40. The Labute approximate surface area is 101 Å². The van der Waals surface area contributed by atoms with Gasteiger partial charge in [-0.25, -0.2) is 0 Å². The van der Waals surface area contributed by atoms with E-state index in [-0.39, 0.29) is 0 Å². The smallest absolute Gasteiger partial charge is 0.207 e. The number of amides is 1. The Morgan fingerprint density at radius 1 is 1.12 bits per heavy atom. The topological polar surface area (TPSA) is 34.0 Å². The van der Waals surface area contributed by atoms with Crippen LogP contribution in [0.4, 0.5) is 0 Å². The highest BCUT2D eigenvalue weighted by Gasteiger charge is 2.01. The van der Waals surface area contributed by atoms with Gasteiger partial charge < -0.3 is 9.88 Å². The van der Waals surface area contributed by atoms with E-state index in [0.29, 0.717) is 6.54 Å². The molecule has 0 bridgehead atoms. The van der Waals surface area contributed by atoms with Gasteiger partial charge in [0, 0.05) is 31.4 Å². The number of nitrogens with one attached hydrogen (secondary N) is 1. The predicted octanol–water partition coefficient (Wildman–Crippen LogP) is 1.82. The van der Waals surface area contributed by atoms with Crippen molar-refractivity contribution in [2.45, 2.75) is 13.0 Å². The van der Waals surface area contributed by atoms with E-state index in [4.69, 9.17) is 0 Å². The Bertz CT molecular complexity index is 462. The van der Waals surface area contributed by atoms with Gasteiger partial charge in [0.2, 0.25) is 6.41 Å². The fraction of sp³-hybridized carbons (Fsp3) is 0.214. The molecule has 0 aliphatic rings. The van der Waals surface area contributed by atoms with Crippen LogP contribution in [0, 0.1) is 0 Å². The van der Waals surface area contributed by atoms with Gasteiger partial charge in [-0.15, -0.1) is 0 Å². The van der Waals surface area contributed by atoms with E-state index in [1.54, 1.807) is 0 Å². The van der Waals surface area contributed by atoms with Crippen LogP contribution in [0.1, 0.15) is 11.3 Å². The molecule has 0 fully saturated rings. The van der Waals surface area contributed by atoms with E-state index in [9.17, 15) is 4.79 Å². The van der Waals surface area contributed by atoms with Gasteiger partial charge in [0.25, 0.3) is 0 Å². The summed E-state index contributed by atoms with van der Waals surface area (Å²) in [6.07, 6.45) is 3.67. The Kier molecular flexibility index (Phi) is 3.97. The molecule has 1 aromatic carbocycles. The number of nitrogens with zero attached hydrogens (tertiary/aromatic N) is 1. The van der Waals surface area contributed by atoms with Crippen molar-refractivity contribution < 1.29 is 4.79 Å². The summed E-state index contributed by atoms with van der Waals surface area (Å²) in [6.45, 7) is 1.56. The van der Waals surface area contributed by atoms with Crippen LogP contribution < -0.4 is 5.32 Å². The molecule has 0 radical (unpaired) electrons. The Hall–Kier alpha value is -2.03. The lowest BCUT2D eigenvalue weighted by Crippen LogP contribution is -2.16. The van der Waals surface area contributed by atoms with Crippen LogP contribution in [0.15, 0.2) is 48.7 Å².